The first-order chi connectivity index (χ1) is 8.67. The fourth-order valence-electron chi connectivity index (χ4n) is 1.37. The Balaban J connectivity index is 0.000000492. The molecule has 0 radical (unpaired) electrons. The van der Waals surface area contributed by atoms with Gasteiger partial charge in [0, 0.05) is 20.7 Å². The molecule has 0 aliphatic rings. The predicted octanol–water partition coefficient (Wildman–Crippen LogP) is 4.24. The second-order valence-electron chi connectivity index (χ2n) is 3.80. The van der Waals surface area contributed by atoms with E-state index in [1.165, 1.54) is 19.7 Å². The molecule has 1 aromatic carbocycles. The van der Waals surface area contributed by atoms with E-state index in [0.29, 0.717) is 0 Å². The fraction of sp³-hybridized carbons (Fsp3) is 0.286. The molecule has 2 aromatic rings. The third kappa shape index (κ3) is 5.37. The van der Waals surface area contributed by atoms with Crippen molar-refractivity contribution in [2.75, 3.05) is 11.9 Å². The van der Waals surface area contributed by atoms with E-state index in [9.17, 15) is 0 Å². The Morgan fingerprint density at radius 1 is 1.33 bits per heavy atom. The second-order valence-corrected chi connectivity index (χ2v) is 6.05. The van der Waals surface area contributed by atoms with Crippen molar-refractivity contribution in [1.29, 1.82) is 0 Å². The SMILES string of the molecule is CCN.Cc1ccsc1CNc1cccc(I)c1. The number of thiophene rings is 1. The van der Waals surface area contributed by atoms with Gasteiger partial charge in [-0.25, -0.2) is 0 Å². The number of hydrogen-bond acceptors (Lipinski definition) is 3. The average molecular weight is 374 g/mol. The number of rotatable bonds is 3. The van der Waals surface area contributed by atoms with E-state index in [1.807, 2.05) is 18.3 Å². The van der Waals surface area contributed by atoms with Crippen LogP contribution >= 0.6 is 33.9 Å². The molecule has 0 aliphatic carbocycles. The molecule has 0 fully saturated rings. The van der Waals surface area contributed by atoms with Crippen molar-refractivity contribution in [1.82, 2.24) is 0 Å². The summed E-state index contributed by atoms with van der Waals surface area (Å²) < 4.78 is 1.26. The molecule has 0 amide bonds. The van der Waals surface area contributed by atoms with E-state index < -0.39 is 0 Å². The Hall–Kier alpha value is -0.590. The summed E-state index contributed by atoms with van der Waals surface area (Å²) in [7, 11) is 0. The molecule has 0 atom stereocenters. The van der Waals surface area contributed by atoms with Crippen LogP contribution in [0.3, 0.4) is 0 Å². The van der Waals surface area contributed by atoms with E-state index >= 15 is 0 Å². The molecular formula is C14H19IN2S. The van der Waals surface area contributed by atoms with Crippen molar-refractivity contribution in [3.05, 3.63) is 49.7 Å². The minimum absolute atomic E-state index is 0.750. The van der Waals surface area contributed by atoms with Crippen LogP contribution in [0.15, 0.2) is 35.7 Å². The lowest BCUT2D eigenvalue weighted by molar-refractivity contribution is 1.14. The van der Waals surface area contributed by atoms with E-state index in [0.717, 1.165) is 13.1 Å². The van der Waals surface area contributed by atoms with E-state index in [-0.39, 0.29) is 0 Å². The standard InChI is InChI=1S/C12H12INS.C2H7N/c1-9-5-6-15-12(9)8-14-11-4-2-3-10(13)7-11;1-2-3/h2-7,14H,8H2,1H3;2-3H2,1H3. The third-order valence-corrected chi connectivity index (χ3v) is 3.94. The first-order valence-electron chi connectivity index (χ1n) is 5.89. The molecular weight excluding hydrogens is 355 g/mol. The maximum Gasteiger partial charge on any atom is 0.0496 e. The fourth-order valence-corrected chi connectivity index (χ4v) is 2.75. The minimum atomic E-state index is 0.750. The Morgan fingerprint density at radius 3 is 2.61 bits per heavy atom. The molecule has 98 valence electrons. The number of nitrogens with two attached hydrogens (primary N) is 1. The lowest BCUT2D eigenvalue weighted by Gasteiger charge is -2.05. The summed E-state index contributed by atoms with van der Waals surface area (Å²) in [4.78, 5) is 1.41. The van der Waals surface area contributed by atoms with Gasteiger partial charge in [-0.05, 0) is 71.3 Å². The van der Waals surface area contributed by atoms with Crippen molar-refractivity contribution >= 4 is 39.6 Å². The van der Waals surface area contributed by atoms with Crippen LogP contribution in [0.2, 0.25) is 0 Å². The molecule has 2 nitrogen and oxygen atoms in total. The molecule has 4 heteroatoms. The highest BCUT2D eigenvalue weighted by Crippen LogP contribution is 2.18. The predicted molar refractivity (Wildman–Crippen MR) is 90.3 cm³/mol. The summed E-state index contributed by atoms with van der Waals surface area (Å²) in [5, 5.41) is 5.57. The molecule has 0 saturated carbocycles. The normalized spacial score (nSPS) is 9.56. The van der Waals surface area contributed by atoms with Gasteiger partial charge in [0.2, 0.25) is 0 Å². The van der Waals surface area contributed by atoms with Crippen molar-refractivity contribution in [3.8, 4) is 0 Å². The van der Waals surface area contributed by atoms with Crippen LogP contribution in [0.4, 0.5) is 5.69 Å². The van der Waals surface area contributed by atoms with Gasteiger partial charge < -0.3 is 11.1 Å². The Kier molecular flexibility index (Phi) is 7.31. The number of hydrogen-bond donors (Lipinski definition) is 2. The van der Waals surface area contributed by atoms with Gasteiger partial charge in [0.1, 0.15) is 0 Å². The molecule has 0 saturated heterocycles. The van der Waals surface area contributed by atoms with Crippen LogP contribution in [-0.2, 0) is 6.54 Å². The molecule has 2 rings (SSSR count). The summed E-state index contributed by atoms with van der Waals surface area (Å²) in [6, 6.07) is 10.6. The lowest BCUT2D eigenvalue weighted by atomic mass is 10.3. The summed E-state index contributed by atoms with van der Waals surface area (Å²) >= 11 is 4.14. The second kappa shape index (κ2) is 8.50. The Labute approximate surface area is 127 Å². The van der Waals surface area contributed by atoms with Crippen molar-refractivity contribution in [2.24, 2.45) is 5.73 Å². The minimum Gasteiger partial charge on any atom is -0.380 e. The van der Waals surface area contributed by atoms with E-state index in [1.54, 1.807) is 0 Å². The van der Waals surface area contributed by atoms with Gasteiger partial charge in [0.05, 0.1) is 0 Å². The highest BCUT2D eigenvalue weighted by molar-refractivity contribution is 14.1. The molecule has 1 aromatic heterocycles. The van der Waals surface area contributed by atoms with Crippen molar-refractivity contribution in [3.63, 3.8) is 0 Å². The lowest BCUT2D eigenvalue weighted by Crippen LogP contribution is -1.98. The largest absolute Gasteiger partial charge is 0.380 e. The number of benzene rings is 1. The molecule has 18 heavy (non-hydrogen) atoms. The highest BCUT2D eigenvalue weighted by Gasteiger charge is 1.99. The van der Waals surface area contributed by atoms with Gasteiger partial charge in [-0.3, -0.25) is 0 Å². The van der Waals surface area contributed by atoms with Gasteiger partial charge in [-0.2, -0.15) is 0 Å². The summed E-state index contributed by atoms with van der Waals surface area (Å²) in [5.74, 6) is 0. The van der Waals surface area contributed by atoms with Gasteiger partial charge in [0.15, 0.2) is 0 Å². The van der Waals surface area contributed by atoms with Crippen LogP contribution in [-0.4, -0.2) is 6.54 Å². The van der Waals surface area contributed by atoms with Gasteiger partial charge in [-0.15, -0.1) is 11.3 Å². The van der Waals surface area contributed by atoms with Crippen LogP contribution in [0.1, 0.15) is 17.4 Å². The highest BCUT2D eigenvalue weighted by atomic mass is 127. The first kappa shape index (κ1) is 15.5. The van der Waals surface area contributed by atoms with Gasteiger partial charge >= 0.3 is 0 Å². The summed E-state index contributed by atoms with van der Waals surface area (Å²) in [6.07, 6.45) is 0. The third-order valence-electron chi connectivity index (χ3n) is 2.25. The summed E-state index contributed by atoms with van der Waals surface area (Å²) in [6.45, 7) is 5.73. The monoisotopic (exact) mass is 374 g/mol. The van der Waals surface area contributed by atoms with Crippen LogP contribution in [0.25, 0.3) is 0 Å². The number of nitrogens with one attached hydrogen (secondary N) is 1. The van der Waals surface area contributed by atoms with Crippen LogP contribution < -0.4 is 11.1 Å². The smallest absolute Gasteiger partial charge is 0.0496 e. The zero-order valence-corrected chi connectivity index (χ0v) is 13.7. The van der Waals surface area contributed by atoms with Crippen molar-refractivity contribution in [2.45, 2.75) is 20.4 Å². The molecule has 0 aliphatic heterocycles. The average Bonchev–Trinajstić information content (AvgIpc) is 2.73. The first-order valence-corrected chi connectivity index (χ1v) is 7.85. The molecule has 0 unspecified atom stereocenters. The zero-order valence-electron chi connectivity index (χ0n) is 10.7. The van der Waals surface area contributed by atoms with Crippen LogP contribution in [0, 0.1) is 10.5 Å². The van der Waals surface area contributed by atoms with Gasteiger partial charge in [0.25, 0.3) is 0 Å². The van der Waals surface area contributed by atoms with E-state index in [2.05, 4.69) is 70.5 Å². The Bertz CT molecular complexity index is 468. The number of anilines is 1. The number of halogens is 1. The molecule has 1 heterocycles. The Morgan fingerprint density at radius 2 is 2.06 bits per heavy atom. The maximum absolute atomic E-state index is 4.85. The van der Waals surface area contributed by atoms with Crippen molar-refractivity contribution < 1.29 is 0 Å². The molecule has 0 spiro atoms. The van der Waals surface area contributed by atoms with E-state index in [4.69, 9.17) is 5.73 Å². The zero-order chi connectivity index (χ0) is 13.4. The molecule has 0 bridgehead atoms. The van der Waals surface area contributed by atoms with Crippen LogP contribution in [0.5, 0.6) is 0 Å². The summed E-state index contributed by atoms with van der Waals surface area (Å²) in [5.41, 5.74) is 7.41. The van der Waals surface area contributed by atoms with Gasteiger partial charge in [-0.1, -0.05) is 13.0 Å². The topological polar surface area (TPSA) is 38.0 Å². The quantitative estimate of drug-likeness (QED) is 0.789. The molecule has 3 N–H and O–H groups in total. The number of aryl methyl sites for hydroxylation is 1. The maximum atomic E-state index is 4.85.